The molecule has 134 valence electrons. The standard InChI is InChI=1S/C21H15Cl2N3O/c22-15-3-1-2-14(10-15)21-26-19(17-11-16(23)4-5-20(17)27-21)12-18(25-26)13-6-8-24-9-7-13/h1-11,19,21H,12H2/t19-,21-/m1/s1. The predicted molar refractivity (Wildman–Crippen MR) is 106 cm³/mol. The van der Waals surface area contributed by atoms with E-state index in [4.69, 9.17) is 33.0 Å². The molecule has 5 rings (SSSR count). The van der Waals surface area contributed by atoms with Gasteiger partial charge >= 0.3 is 0 Å². The van der Waals surface area contributed by atoms with Crippen molar-refractivity contribution in [1.29, 1.82) is 0 Å². The summed E-state index contributed by atoms with van der Waals surface area (Å²) in [6.45, 7) is 0. The molecule has 0 amide bonds. The van der Waals surface area contributed by atoms with Crippen molar-refractivity contribution in [3.05, 3.63) is 93.7 Å². The summed E-state index contributed by atoms with van der Waals surface area (Å²) in [4.78, 5) is 4.10. The van der Waals surface area contributed by atoms with Crippen molar-refractivity contribution in [1.82, 2.24) is 9.99 Å². The number of nitrogens with zero attached hydrogens (tertiary/aromatic N) is 3. The fourth-order valence-corrected chi connectivity index (χ4v) is 4.04. The average molecular weight is 396 g/mol. The van der Waals surface area contributed by atoms with Crippen LogP contribution in [0.25, 0.3) is 0 Å². The maximum absolute atomic E-state index is 6.32. The third-order valence-corrected chi connectivity index (χ3v) is 5.37. The number of hydrogen-bond acceptors (Lipinski definition) is 4. The van der Waals surface area contributed by atoms with E-state index >= 15 is 0 Å². The van der Waals surface area contributed by atoms with Crippen molar-refractivity contribution < 1.29 is 4.74 Å². The highest BCUT2D eigenvalue weighted by Crippen LogP contribution is 2.48. The quantitative estimate of drug-likeness (QED) is 0.563. The minimum atomic E-state index is -0.346. The van der Waals surface area contributed by atoms with Crippen LogP contribution in [0.3, 0.4) is 0 Å². The maximum Gasteiger partial charge on any atom is 0.213 e. The zero-order chi connectivity index (χ0) is 18.4. The van der Waals surface area contributed by atoms with Crippen LogP contribution >= 0.6 is 23.2 Å². The van der Waals surface area contributed by atoms with Gasteiger partial charge in [0.05, 0.1) is 11.8 Å². The van der Waals surface area contributed by atoms with Crippen molar-refractivity contribution >= 4 is 28.9 Å². The second kappa shape index (κ2) is 6.55. The summed E-state index contributed by atoms with van der Waals surface area (Å²) in [6.07, 6.45) is 4.00. The monoisotopic (exact) mass is 395 g/mol. The number of pyridine rings is 1. The lowest BCUT2D eigenvalue weighted by molar-refractivity contribution is -0.0190. The molecule has 27 heavy (non-hydrogen) atoms. The summed E-state index contributed by atoms with van der Waals surface area (Å²) in [5.74, 6) is 0.830. The van der Waals surface area contributed by atoms with E-state index in [1.165, 1.54) is 0 Å². The molecule has 2 atom stereocenters. The van der Waals surface area contributed by atoms with Crippen molar-refractivity contribution in [2.75, 3.05) is 0 Å². The summed E-state index contributed by atoms with van der Waals surface area (Å²) in [5, 5.41) is 8.29. The third-order valence-electron chi connectivity index (χ3n) is 4.90. The number of benzene rings is 2. The predicted octanol–water partition coefficient (Wildman–Crippen LogP) is 5.63. The van der Waals surface area contributed by atoms with E-state index in [1.807, 2.05) is 59.6 Å². The zero-order valence-electron chi connectivity index (χ0n) is 14.2. The Morgan fingerprint density at radius 2 is 1.78 bits per heavy atom. The van der Waals surface area contributed by atoms with Gasteiger partial charge in [-0.15, -0.1) is 0 Å². The van der Waals surface area contributed by atoms with Gasteiger partial charge in [-0.1, -0.05) is 35.3 Å². The number of hydrogen-bond donors (Lipinski definition) is 0. The smallest absolute Gasteiger partial charge is 0.213 e. The molecule has 2 aliphatic heterocycles. The molecular formula is C21H15Cl2N3O. The first kappa shape index (κ1) is 16.6. The average Bonchev–Trinajstić information content (AvgIpc) is 3.14. The van der Waals surface area contributed by atoms with Crippen LogP contribution in [-0.2, 0) is 0 Å². The molecule has 0 fully saturated rings. The number of aromatic nitrogens is 1. The van der Waals surface area contributed by atoms with E-state index < -0.39 is 0 Å². The lowest BCUT2D eigenvalue weighted by atomic mass is 9.96. The molecule has 4 nitrogen and oxygen atoms in total. The first-order valence-electron chi connectivity index (χ1n) is 8.67. The molecule has 1 aromatic heterocycles. The van der Waals surface area contributed by atoms with Crippen LogP contribution in [0.5, 0.6) is 5.75 Å². The van der Waals surface area contributed by atoms with Crippen LogP contribution < -0.4 is 4.74 Å². The number of ether oxygens (including phenoxy) is 1. The lowest BCUT2D eigenvalue weighted by Gasteiger charge is -2.38. The molecule has 2 aromatic carbocycles. The molecule has 0 unspecified atom stereocenters. The number of halogens is 2. The largest absolute Gasteiger partial charge is 0.464 e. The molecule has 0 spiro atoms. The molecule has 3 aromatic rings. The minimum Gasteiger partial charge on any atom is -0.464 e. The maximum atomic E-state index is 6.32. The molecular weight excluding hydrogens is 381 g/mol. The Hall–Kier alpha value is -2.56. The Labute approximate surface area is 167 Å². The van der Waals surface area contributed by atoms with Gasteiger partial charge in [0.25, 0.3) is 0 Å². The molecule has 0 bridgehead atoms. The molecule has 6 heteroatoms. The second-order valence-corrected chi connectivity index (χ2v) is 7.46. The Morgan fingerprint density at radius 1 is 0.963 bits per heavy atom. The fraction of sp³-hybridized carbons (Fsp3) is 0.143. The Kier molecular flexibility index (Phi) is 4.03. The van der Waals surface area contributed by atoms with Gasteiger partial charge < -0.3 is 4.74 Å². The van der Waals surface area contributed by atoms with E-state index in [9.17, 15) is 0 Å². The molecule has 0 saturated carbocycles. The van der Waals surface area contributed by atoms with Crippen molar-refractivity contribution in [2.45, 2.75) is 18.7 Å². The summed E-state index contributed by atoms with van der Waals surface area (Å²) in [5.41, 5.74) is 4.08. The summed E-state index contributed by atoms with van der Waals surface area (Å²) >= 11 is 12.5. The van der Waals surface area contributed by atoms with Gasteiger partial charge in [-0.25, -0.2) is 5.01 Å². The first-order chi connectivity index (χ1) is 13.2. The number of rotatable bonds is 2. The highest BCUT2D eigenvalue weighted by atomic mass is 35.5. The van der Waals surface area contributed by atoms with Crippen molar-refractivity contribution in [2.24, 2.45) is 5.10 Å². The van der Waals surface area contributed by atoms with Crippen LogP contribution in [0.15, 0.2) is 72.1 Å². The molecule has 0 saturated heterocycles. The van der Waals surface area contributed by atoms with E-state index in [0.717, 1.165) is 34.6 Å². The van der Waals surface area contributed by atoms with Gasteiger partial charge in [0.15, 0.2) is 0 Å². The van der Waals surface area contributed by atoms with Crippen LogP contribution in [0.4, 0.5) is 0 Å². The Balaban J connectivity index is 1.62. The van der Waals surface area contributed by atoms with Gasteiger partial charge in [-0.2, -0.15) is 5.10 Å². The van der Waals surface area contributed by atoms with E-state index in [-0.39, 0.29) is 12.3 Å². The highest BCUT2D eigenvalue weighted by molar-refractivity contribution is 6.31. The van der Waals surface area contributed by atoms with E-state index in [0.29, 0.717) is 10.0 Å². The molecule has 0 radical (unpaired) electrons. The SMILES string of the molecule is Clc1cccc([C@H]2Oc3ccc(Cl)cc3[C@H]3CC(c4ccncc4)=NN32)c1. The molecule has 2 aliphatic rings. The normalized spacial score (nSPS) is 20.5. The number of hydrazone groups is 1. The number of fused-ring (bicyclic) bond motifs is 3. The fourth-order valence-electron chi connectivity index (χ4n) is 3.66. The zero-order valence-corrected chi connectivity index (χ0v) is 15.7. The molecule has 0 N–H and O–H groups in total. The Bertz CT molecular complexity index is 1040. The van der Waals surface area contributed by atoms with Gasteiger partial charge in [-0.3, -0.25) is 4.98 Å². The van der Waals surface area contributed by atoms with E-state index in [2.05, 4.69) is 4.98 Å². The van der Waals surface area contributed by atoms with Gasteiger partial charge in [0.1, 0.15) is 5.75 Å². The highest BCUT2D eigenvalue weighted by Gasteiger charge is 2.41. The third kappa shape index (κ3) is 2.95. The minimum absolute atomic E-state index is 0.0552. The summed E-state index contributed by atoms with van der Waals surface area (Å²) in [6, 6.07) is 17.5. The first-order valence-corrected chi connectivity index (χ1v) is 9.42. The summed E-state index contributed by atoms with van der Waals surface area (Å²) < 4.78 is 6.32. The van der Waals surface area contributed by atoms with Gasteiger partial charge in [0.2, 0.25) is 6.23 Å². The van der Waals surface area contributed by atoms with Gasteiger partial charge in [-0.05, 0) is 42.5 Å². The topological polar surface area (TPSA) is 37.7 Å². The van der Waals surface area contributed by atoms with Crippen molar-refractivity contribution in [3.8, 4) is 5.75 Å². The van der Waals surface area contributed by atoms with Crippen LogP contribution in [-0.4, -0.2) is 15.7 Å². The van der Waals surface area contributed by atoms with E-state index in [1.54, 1.807) is 12.4 Å². The molecule has 0 aliphatic carbocycles. The van der Waals surface area contributed by atoms with Crippen LogP contribution in [0.1, 0.15) is 35.4 Å². The lowest BCUT2D eigenvalue weighted by Crippen LogP contribution is -2.33. The second-order valence-electron chi connectivity index (χ2n) is 6.59. The summed E-state index contributed by atoms with van der Waals surface area (Å²) in [7, 11) is 0. The van der Waals surface area contributed by atoms with Crippen LogP contribution in [0.2, 0.25) is 10.0 Å². The van der Waals surface area contributed by atoms with Crippen LogP contribution in [0, 0.1) is 0 Å². The molecule has 3 heterocycles. The Morgan fingerprint density at radius 3 is 2.59 bits per heavy atom. The van der Waals surface area contributed by atoms with Gasteiger partial charge in [0, 0.05) is 45.6 Å². The van der Waals surface area contributed by atoms with Crippen molar-refractivity contribution in [3.63, 3.8) is 0 Å².